The van der Waals surface area contributed by atoms with Crippen molar-refractivity contribution >= 4 is 17.7 Å². The SMILES string of the molecule is CCc1ccccc1[C@@H]1CN(C(=O)C(N)=O)CC[C@H]1C(=O)N(C)Cc1cc(C(F)(F)F)cc(C(F)(F)F)c1. The van der Waals surface area contributed by atoms with Gasteiger partial charge in [0.15, 0.2) is 0 Å². The minimum atomic E-state index is -5.01. The number of likely N-dealkylation sites (tertiary alicyclic amines) is 1. The average Bonchev–Trinajstić information content (AvgIpc) is 2.86. The summed E-state index contributed by atoms with van der Waals surface area (Å²) in [5, 5.41) is 0. The molecule has 2 N–H and O–H groups in total. The fraction of sp³-hybridized carbons (Fsp3) is 0.423. The number of piperidine rings is 1. The van der Waals surface area contributed by atoms with Crippen LogP contribution in [0.3, 0.4) is 0 Å². The molecule has 3 rings (SSSR count). The van der Waals surface area contributed by atoms with E-state index in [0.29, 0.717) is 18.6 Å². The number of hydrogen-bond donors (Lipinski definition) is 1. The number of nitrogens with two attached hydrogens (primary N) is 1. The van der Waals surface area contributed by atoms with E-state index in [2.05, 4.69) is 0 Å². The van der Waals surface area contributed by atoms with Crippen molar-refractivity contribution in [3.8, 4) is 0 Å². The third kappa shape index (κ3) is 6.46. The molecule has 2 atom stereocenters. The fourth-order valence-corrected chi connectivity index (χ4v) is 4.87. The van der Waals surface area contributed by atoms with Crippen LogP contribution < -0.4 is 5.73 Å². The molecule has 0 unspecified atom stereocenters. The first-order chi connectivity index (χ1) is 17.6. The van der Waals surface area contributed by atoms with Crippen LogP contribution >= 0.6 is 0 Å². The zero-order valence-electron chi connectivity index (χ0n) is 20.7. The number of aryl methyl sites for hydroxylation is 1. The highest BCUT2D eigenvalue weighted by Gasteiger charge is 2.40. The first kappa shape index (κ1) is 29.0. The van der Waals surface area contributed by atoms with Gasteiger partial charge >= 0.3 is 24.2 Å². The standard InChI is InChI=1S/C26H27F6N3O3/c1-3-16-6-4-5-7-19(16)21-14-35(24(38)22(33)36)9-8-20(21)23(37)34(2)13-15-10-17(25(27,28)29)12-18(11-15)26(30,31)32/h4-7,10-12,20-21H,3,8-9,13-14H2,1-2H3,(H2,33,36)/t20-,21+/m1/s1. The number of alkyl halides is 6. The van der Waals surface area contributed by atoms with Crippen LogP contribution in [0.25, 0.3) is 0 Å². The second-order valence-electron chi connectivity index (χ2n) is 9.28. The Labute approximate surface area is 215 Å². The summed E-state index contributed by atoms with van der Waals surface area (Å²) in [5.74, 6) is -3.84. The molecule has 0 radical (unpaired) electrons. The Hall–Kier alpha value is -3.57. The van der Waals surface area contributed by atoms with Crippen LogP contribution in [0.2, 0.25) is 0 Å². The van der Waals surface area contributed by atoms with Gasteiger partial charge in [-0.2, -0.15) is 26.3 Å². The van der Waals surface area contributed by atoms with Crippen LogP contribution in [-0.2, 0) is 39.7 Å². The van der Waals surface area contributed by atoms with Gasteiger partial charge < -0.3 is 15.5 Å². The van der Waals surface area contributed by atoms with Crippen molar-refractivity contribution in [2.75, 3.05) is 20.1 Å². The highest BCUT2D eigenvalue weighted by Crippen LogP contribution is 2.38. The number of benzene rings is 2. The third-order valence-electron chi connectivity index (χ3n) is 6.71. The zero-order valence-corrected chi connectivity index (χ0v) is 20.7. The van der Waals surface area contributed by atoms with Crippen molar-refractivity contribution in [1.29, 1.82) is 0 Å². The molecule has 0 aromatic heterocycles. The summed E-state index contributed by atoms with van der Waals surface area (Å²) in [6.07, 6.45) is -9.28. The van der Waals surface area contributed by atoms with Gasteiger partial charge in [-0.25, -0.2) is 0 Å². The van der Waals surface area contributed by atoms with Crippen molar-refractivity contribution < 1.29 is 40.7 Å². The van der Waals surface area contributed by atoms with Gasteiger partial charge in [-0.05, 0) is 47.7 Å². The Morgan fingerprint density at radius 3 is 2.11 bits per heavy atom. The minimum absolute atomic E-state index is 0.00478. The lowest BCUT2D eigenvalue weighted by molar-refractivity contribution is -0.147. The molecule has 0 saturated carbocycles. The van der Waals surface area contributed by atoms with Crippen molar-refractivity contribution in [3.63, 3.8) is 0 Å². The topological polar surface area (TPSA) is 83.7 Å². The second kappa shape index (κ2) is 11.0. The molecule has 1 heterocycles. The number of hydrogen-bond acceptors (Lipinski definition) is 3. The van der Waals surface area contributed by atoms with Crippen LogP contribution in [0, 0.1) is 5.92 Å². The van der Waals surface area contributed by atoms with Gasteiger partial charge in [0.2, 0.25) is 5.91 Å². The average molecular weight is 544 g/mol. The van der Waals surface area contributed by atoms with E-state index < -0.39 is 59.6 Å². The monoisotopic (exact) mass is 543 g/mol. The van der Waals surface area contributed by atoms with Crippen LogP contribution in [0.4, 0.5) is 26.3 Å². The van der Waals surface area contributed by atoms with Crippen LogP contribution in [0.15, 0.2) is 42.5 Å². The largest absolute Gasteiger partial charge is 0.416 e. The molecule has 1 saturated heterocycles. The summed E-state index contributed by atoms with van der Waals surface area (Å²) in [6.45, 7) is 1.46. The Kier molecular flexibility index (Phi) is 8.42. The zero-order chi connectivity index (χ0) is 28.4. The number of rotatable bonds is 5. The third-order valence-corrected chi connectivity index (χ3v) is 6.71. The number of amides is 3. The van der Waals surface area contributed by atoms with E-state index >= 15 is 0 Å². The van der Waals surface area contributed by atoms with Gasteiger partial charge in [-0.1, -0.05) is 31.2 Å². The highest BCUT2D eigenvalue weighted by molar-refractivity contribution is 6.34. The summed E-state index contributed by atoms with van der Waals surface area (Å²) >= 11 is 0. The quantitative estimate of drug-likeness (QED) is 0.449. The molecule has 206 valence electrons. The molecule has 0 aliphatic carbocycles. The van der Waals surface area contributed by atoms with Gasteiger partial charge in [0.25, 0.3) is 0 Å². The highest BCUT2D eigenvalue weighted by atomic mass is 19.4. The molecule has 38 heavy (non-hydrogen) atoms. The summed E-state index contributed by atoms with van der Waals surface area (Å²) in [5.41, 5.74) is 3.58. The Morgan fingerprint density at radius 2 is 1.58 bits per heavy atom. The van der Waals surface area contributed by atoms with E-state index in [1.54, 1.807) is 12.1 Å². The minimum Gasteiger partial charge on any atom is -0.361 e. The summed E-state index contributed by atoms with van der Waals surface area (Å²) < 4.78 is 79.7. The van der Waals surface area contributed by atoms with Gasteiger partial charge in [0.1, 0.15) is 0 Å². The smallest absolute Gasteiger partial charge is 0.361 e. The number of primary amides is 1. The lowest BCUT2D eigenvalue weighted by atomic mass is 9.77. The molecule has 1 aliphatic rings. The summed E-state index contributed by atoms with van der Waals surface area (Å²) in [4.78, 5) is 39.7. The van der Waals surface area contributed by atoms with Gasteiger partial charge in [0, 0.05) is 38.5 Å². The van der Waals surface area contributed by atoms with Crippen molar-refractivity contribution in [1.82, 2.24) is 9.80 Å². The first-order valence-electron chi connectivity index (χ1n) is 11.8. The van der Waals surface area contributed by atoms with Crippen LogP contribution in [0.5, 0.6) is 0 Å². The van der Waals surface area contributed by atoms with Crippen LogP contribution in [-0.4, -0.2) is 47.7 Å². The van der Waals surface area contributed by atoms with E-state index in [9.17, 15) is 40.7 Å². The van der Waals surface area contributed by atoms with Crippen molar-refractivity contribution in [2.45, 2.75) is 44.6 Å². The van der Waals surface area contributed by atoms with Crippen LogP contribution in [0.1, 0.15) is 47.1 Å². The van der Waals surface area contributed by atoms with Gasteiger partial charge in [0.05, 0.1) is 11.1 Å². The Bertz CT molecular complexity index is 1180. The Balaban J connectivity index is 1.94. The predicted molar refractivity (Wildman–Crippen MR) is 125 cm³/mol. The molecule has 12 heteroatoms. The molecule has 6 nitrogen and oxygen atoms in total. The summed E-state index contributed by atoms with van der Waals surface area (Å²) in [7, 11) is 1.31. The predicted octanol–water partition coefficient (Wildman–Crippen LogP) is 4.36. The number of nitrogens with zero attached hydrogens (tertiary/aromatic N) is 2. The molecular formula is C26H27F6N3O3. The normalized spacial score (nSPS) is 18.3. The molecule has 1 aliphatic heterocycles. The fourth-order valence-electron chi connectivity index (χ4n) is 4.87. The molecule has 0 bridgehead atoms. The lowest BCUT2D eigenvalue weighted by Crippen LogP contribution is -2.50. The van der Waals surface area contributed by atoms with E-state index in [4.69, 9.17) is 5.73 Å². The maximum atomic E-state index is 13.5. The maximum absolute atomic E-state index is 13.5. The lowest BCUT2D eigenvalue weighted by Gasteiger charge is -2.39. The number of halogens is 6. The molecule has 3 amide bonds. The Morgan fingerprint density at radius 1 is 1.00 bits per heavy atom. The van der Waals surface area contributed by atoms with Gasteiger partial charge in [-0.15, -0.1) is 0 Å². The second-order valence-corrected chi connectivity index (χ2v) is 9.28. The first-order valence-corrected chi connectivity index (χ1v) is 11.8. The molecular weight excluding hydrogens is 516 g/mol. The van der Waals surface area contributed by atoms with E-state index in [0.717, 1.165) is 16.0 Å². The van der Waals surface area contributed by atoms with Crippen molar-refractivity contribution in [2.24, 2.45) is 11.7 Å². The molecule has 0 spiro atoms. The van der Waals surface area contributed by atoms with E-state index in [1.807, 2.05) is 19.1 Å². The summed E-state index contributed by atoms with van der Waals surface area (Å²) in [6, 6.07) is 8.45. The number of carbonyl (C=O) groups is 3. The maximum Gasteiger partial charge on any atom is 0.416 e. The van der Waals surface area contributed by atoms with Crippen molar-refractivity contribution in [3.05, 3.63) is 70.3 Å². The molecule has 1 fully saturated rings. The van der Waals surface area contributed by atoms with E-state index in [1.165, 1.54) is 11.9 Å². The molecule has 2 aromatic rings. The number of carbonyl (C=O) groups excluding carboxylic acids is 3. The molecule has 2 aromatic carbocycles. The van der Waals surface area contributed by atoms with E-state index in [-0.39, 0.29) is 31.1 Å². The van der Waals surface area contributed by atoms with Gasteiger partial charge in [-0.3, -0.25) is 14.4 Å².